The molecule has 1 heterocycles. The smallest absolute Gasteiger partial charge is 0.246 e. The Morgan fingerprint density at radius 2 is 1.88 bits per heavy atom. The monoisotopic (exact) mass is 259 g/mol. The highest BCUT2D eigenvalue weighted by Gasteiger charge is 2.26. The Balaban J connectivity index is 2.48. The van der Waals surface area contributed by atoms with Crippen LogP contribution in [0.15, 0.2) is 0 Å². The molecule has 0 saturated carbocycles. The zero-order chi connectivity index (χ0) is 12.8. The van der Waals surface area contributed by atoms with Gasteiger partial charge in [0.15, 0.2) is 0 Å². The van der Waals surface area contributed by atoms with E-state index in [1.807, 2.05) is 4.90 Å². The molecular weight excluding hydrogens is 238 g/mol. The number of nitrogens with zero attached hydrogens (tertiary/aromatic N) is 2. The van der Waals surface area contributed by atoms with Gasteiger partial charge in [0.1, 0.15) is 6.04 Å². The van der Waals surface area contributed by atoms with Crippen LogP contribution in [-0.4, -0.2) is 66.1 Å². The molecule has 5 nitrogen and oxygen atoms in total. The van der Waals surface area contributed by atoms with Crippen molar-refractivity contribution in [1.29, 1.82) is 0 Å². The van der Waals surface area contributed by atoms with E-state index in [9.17, 15) is 9.59 Å². The fraction of sp³-hybridized carbons (Fsp3) is 0.818. The van der Waals surface area contributed by atoms with Crippen LogP contribution in [0.3, 0.4) is 0 Å². The summed E-state index contributed by atoms with van der Waals surface area (Å²) in [6, 6.07) is -0.496. The van der Waals surface area contributed by atoms with Crippen molar-refractivity contribution in [2.45, 2.75) is 19.9 Å². The first-order valence-electron chi connectivity index (χ1n) is 5.97. The molecule has 0 aromatic rings. The van der Waals surface area contributed by atoms with Crippen LogP contribution in [-0.2, 0) is 9.59 Å². The van der Waals surface area contributed by atoms with Crippen molar-refractivity contribution in [2.75, 3.05) is 38.5 Å². The Labute approximate surface area is 108 Å². The first-order chi connectivity index (χ1) is 8.08. The predicted molar refractivity (Wildman–Crippen MR) is 70.2 cm³/mol. The van der Waals surface area contributed by atoms with E-state index in [2.05, 4.69) is 29.8 Å². The molecular formula is C11H21N3O2S. The van der Waals surface area contributed by atoms with Crippen molar-refractivity contribution >= 4 is 24.4 Å². The summed E-state index contributed by atoms with van der Waals surface area (Å²) in [4.78, 5) is 27.2. The van der Waals surface area contributed by atoms with Crippen LogP contribution in [0.5, 0.6) is 0 Å². The highest BCUT2D eigenvalue weighted by atomic mass is 32.1. The van der Waals surface area contributed by atoms with Crippen LogP contribution < -0.4 is 5.32 Å². The number of hydrogen-bond donors (Lipinski definition) is 2. The van der Waals surface area contributed by atoms with Crippen LogP contribution in [0.2, 0.25) is 0 Å². The van der Waals surface area contributed by atoms with Gasteiger partial charge in [-0.05, 0) is 6.54 Å². The van der Waals surface area contributed by atoms with Gasteiger partial charge in [-0.25, -0.2) is 0 Å². The highest BCUT2D eigenvalue weighted by Crippen LogP contribution is 2.04. The number of piperazine rings is 1. The minimum absolute atomic E-state index is 0.0223. The average molecular weight is 259 g/mol. The Morgan fingerprint density at radius 1 is 1.29 bits per heavy atom. The Morgan fingerprint density at radius 3 is 2.29 bits per heavy atom. The standard InChI is InChI=1S/C11H21N3O2S/c1-3-13-4-6-14(7-5-13)11(16)10(8-17)12-9(2)15/h10,17H,3-8H2,1-2H3,(H,12,15). The number of carbonyl (C=O) groups excluding carboxylic acids is 2. The summed E-state index contributed by atoms with van der Waals surface area (Å²) in [5.41, 5.74) is 0. The van der Waals surface area contributed by atoms with Gasteiger partial charge < -0.3 is 15.1 Å². The third kappa shape index (κ3) is 4.20. The third-order valence-corrected chi connectivity index (χ3v) is 3.35. The molecule has 1 aliphatic heterocycles. The first kappa shape index (κ1) is 14.3. The summed E-state index contributed by atoms with van der Waals surface area (Å²) in [7, 11) is 0. The number of likely N-dealkylation sites (N-methyl/N-ethyl adjacent to an activating group) is 1. The number of hydrogen-bond acceptors (Lipinski definition) is 4. The van der Waals surface area contributed by atoms with Gasteiger partial charge in [-0.2, -0.15) is 12.6 Å². The second-order valence-electron chi connectivity index (χ2n) is 4.20. The number of amides is 2. The van der Waals surface area contributed by atoms with E-state index in [-0.39, 0.29) is 11.8 Å². The van der Waals surface area contributed by atoms with Crippen LogP contribution >= 0.6 is 12.6 Å². The fourth-order valence-corrected chi connectivity index (χ4v) is 2.18. The second-order valence-corrected chi connectivity index (χ2v) is 4.56. The van der Waals surface area contributed by atoms with Crippen LogP contribution in [0.4, 0.5) is 0 Å². The van der Waals surface area contributed by atoms with Gasteiger partial charge in [-0.15, -0.1) is 0 Å². The maximum absolute atomic E-state index is 12.1. The normalized spacial score (nSPS) is 18.9. The lowest BCUT2D eigenvalue weighted by atomic mass is 10.2. The van der Waals surface area contributed by atoms with Crippen LogP contribution in [0, 0.1) is 0 Å². The molecule has 0 bridgehead atoms. The summed E-state index contributed by atoms with van der Waals surface area (Å²) in [5.74, 6) is 0.127. The molecule has 1 atom stereocenters. The number of carbonyl (C=O) groups is 2. The molecule has 2 amide bonds. The van der Waals surface area contributed by atoms with Crippen molar-refractivity contribution in [1.82, 2.24) is 15.1 Å². The molecule has 1 N–H and O–H groups in total. The van der Waals surface area contributed by atoms with E-state index >= 15 is 0 Å². The van der Waals surface area contributed by atoms with Crippen molar-refractivity contribution < 1.29 is 9.59 Å². The number of thiol groups is 1. The molecule has 0 spiro atoms. The molecule has 1 rings (SSSR count). The molecule has 98 valence electrons. The Hall–Kier alpha value is -0.750. The van der Waals surface area contributed by atoms with Gasteiger partial charge in [0.2, 0.25) is 11.8 Å². The molecule has 0 aromatic carbocycles. The van der Waals surface area contributed by atoms with Gasteiger partial charge in [0.25, 0.3) is 0 Å². The lowest BCUT2D eigenvalue weighted by Crippen LogP contribution is -2.55. The average Bonchev–Trinajstić information content (AvgIpc) is 2.35. The lowest BCUT2D eigenvalue weighted by Gasteiger charge is -2.35. The first-order valence-corrected chi connectivity index (χ1v) is 6.60. The minimum Gasteiger partial charge on any atom is -0.344 e. The largest absolute Gasteiger partial charge is 0.344 e. The quantitative estimate of drug-likeness (QED) is 0.675. The van der Waals surface area contributed by atoms with Gasteiger partial charge in [0, 0.05) is 38.9 Å². The Kier molecular flexibility index (Phi) is 5.77. The predicted octanol–water partition coefficient (Wildman–Crippen LogP) is -0.415. The van der Waals surface area contributed by atoms with E-state index in [0.29, 0.717) is 5.75 Å². The third-order valence-electron chi connectivity index (χ3n) is 2.99. The second kappa shape index (κ2) is 6.86. The summed E-state index contributed by atoms with van der Waals surface area (Å²) >= 11 is 4.11. The molecule has 6 heteroatoms. The van der Waals surface area contributed by atoms with Crippen molar-refractivity contribution in [3.05, 3.63) is 0 Å². The van der Waals surface area contributed by atoms with E-state index < -0.39 is 6.04 Å². The summed E-state index contributed by atoms with van der Waals surface area (Å²) < 4.78 is 0. The number of rotatable bonds is 4. The Bertz CT molecular complexity index is 278. The van der Waals surface area contributed by atoms with E-state index in [4.69, 9.17) is 0 Å². The van der Waals surface area contributed by atoms with Crippen molar-refractivity contribution in [3.63, 3.8) is 0 Å². The molecule has 17 heavy (non-hydrogen) atoms. The van der Waals surface area contributed by atoms with Crippen molar-refractivity contribution in [2.24, 2.45) is 0 Å². The summed E-state index contributed by atoms with van der Waals surface area (Å²) in [5, 5.41) is 2.63. The minimum atomic E-state index is -0.496. The summed E-state index contributed by atoms with van der Waals surface area (Å²) in [6.07, 6.45) is 0. The maximum Gasteiger partial charge on any atom is 0.246 e. The highest BCUT2D eigenvalue weighted by molar-refractivity contribution is 7.80. The lowest BCUT2D eigenvalue weighted by molar-refractivity contribution is -0.136. The SMILES string of the molecule is CCN1CCN(C(=O)C(CS)NC(C)=O)CC1. The molecule has 1 unspecified atom stereocenters. The molecule has 0 radical (unpaired) electrons. The van der Waals surface area contributed by atoms with E-state index in [1.165, 1.54) is 6.92 Å². The van der Waals surface area contributed by atoms with Crippen LogP contribution in [0.1, 0.15) is 13.8 Å². The molecule has 1 saturated heterocycles. The van der Waals surface area contributed by atoms with Crippen LogP contribution in [0.25, 0.3) is 0 Å². The molecule has 1 aliphatic rings. The van der Waals surface area contributed by atoms with Gasteiger partial charge in [-0.3, -0.25) is 9.59 Å². The molecule has 0 aliphatic carbocycles. The maximum atomic E-state index is 12.1. The van der Waals surface area contributed by atoms with Crippen molar-refractivity contribution in [3.8, 4) is 0 Å². The van der Waals surface area contributed by atoms with Gasteiger partial charge in [-0.1, -0.05) is 6.92 Å². The van der Waals surface area contributed by atoms with Gasteiger partial charge >= 0.3 is 0 Å². The summed E-state index contributed by atoms with van der Waals surface area (Å²) in [6.45, 7) is 7.82. The van der Waals surface area contributed by atoms with E-state index in [0.717, 1.165) is 32.7 Å². The van der Waals surface area contributed by atoms with E-state index in [1.54, 1.807) is 0 Å². The molecule has 0 aromatic heterocycles. The van der Waals surface area contributed by atoms with Gasteiger partial charge in [0.05, 0.1) is 0 Å². The fourth-order valence-electron chi connectivity index (χ4n) is 1.94. The number of nitrogens with one attached hydrogen (secondary N) is 1. The zero-order valence-corrected chi connectivity index (χ0v) is 11.4. The molecule has 1 fully saturated rings. The topological polar surface area (TPSA) is 52.6 Å². The zero-order valence-electron chi connectivity index (χ0n) is 10.5.